The number of fused-ring (bicyclic) bond motifs is 1. The first-order chi connectivity index (χ1) is 15.3. The van der Waals surface area contributed by atoms with E-state index in [1.165, 1.54) is 0 Å². The molecular formula is C27H27NO4. The molecule has 32 heavy (non-hydrogen) atoms. The monoisotopic (exact) mass is 429 g/mol. The number of hydrogen-bond acceptors (Lipinski definition) is 4. The smallest absolute Gasteiger partial charge is 0.304 e. The number of carbonyl (C=O) groups is 2. The lowest BCUT2D eigenvalue weighted by Crippen LogP contribution is -2.30. The van der Waals surface area contributed by atoms with Crippen LogP contribution in [-0.4, -0.2) is 25.9 Å². The molecule has 0 atom stereocenters. The van der Waals surface area contributed by atoms with E-state index in [1.54, 1.807) is 31.3 Å². The van der Waals surface area contributed by atoms with Gasteiger partial charge in [0.1, 0.15) is 11.5 Å². The van der Waals surface area contributed by atoms with E-state index in [1.807, 2.05) is 55.5 Å². The van der Waals surface area contributed by atoms with E-state index in [9.17, 15) is 9.59 Å². The number of rotatable bonds is 6. The summed E-state index contributed by atoms with van der Waals surface area (Å²) in [7, 11) is 3.28. The van der Waals surface area contributed by atoms with Crippen molar-refractivity contribution in [3.05, 3.63) is 82.9 Å². The molecule has 164 valence electrons. The van der Waals surface area contributed by atoms with Crippen LogP contribution in [0.25, 0.3) is 0 Å². The molecule has 0 saturated carbocycles. The molecule has 1 amide bonds. The number of benzene rings is 3. The minimum absolute atomic E-state index is 0.357. The third-order valence-corrected chi connectivity index (χ3v) is 6.05. The molecule has 0 N–H and O–H groups in total. The van der Waals surface area contributed by atoms with Crippen molar-refractivity contribution >= 4 is 23.1 Å². The molecule has 3 aromatic carbocycles. The lowest BCUT2D eigenvalue weighted by molar-refractivity contribution is -0.113. The van der Waals surface area contributed by atoms with Gasteiger partial charge in [0.15, 0.2) is 0 Å². The Morgan fingerprint density at radius 2 is 1.53 bits per heavy atom. The first kappa shape index (κ1) is 21.6. The minimum atomic E-state index is -0.527. The van der Waals surface area contributed by atoms with E-state index in [0.29, 0.717) is 11.3 Å². The summed E-state index contributed by atoms with van der Waals surface area (Å²) >= 11 is 0. The molecule has 0 saturated heterocycles. The topological polar surface area (TPSA) is 55.8 Å². The number of hydrogen-bond donors (Lipinski definition) is 0. The summed E-state index contributed by atoms with van der Waals surface area (Å²) in [6.07, 6.45) is 0.730. The van der Waals surface area contributed by atoms with Gasteiger partial charge in [0.25, 0.3) is 5.78 Å². The van der Waals surface area contributed by atoms with Gasteiger partial charge in [0.2, 0.25) is 0 Å². The predicted molar refractivity (Wildman–Crippen MR) is 125 cm³/mol. The molecule has 0 bridgehead atoms. The Morgan fingerprint density at radius 3 is 2.19 bits per heavy atom. The number of anilines is 2. The number of ketones is 1. The lowest BCUT2D eigenvalue weighted by atomic mass is 9.77. The van der Waals surface area contributed by atoms with Gasteiger partial charge in [-0.05, 0) is 71.8 Å². The van der Waals surface area contributed by atoms with Crippen molar-refractivity contribution in [1.29, 1.82) is 0 Å². The molecule has 1 heterocycles. The summed E-state index contributed by atoms with van der Waals surface area (Å²) < 4.78 is 10.8. The molecule has 4 rings (SSSR count). The number of nitrogens with zero attached hydrogens (tertiary/aromatic N) is 1. The summed E-state index contributed by atoms with van der Waals surface area (Å²) in [5.74, 6) is 0.522. The van der Waals surface area contributed by atoms with Crippen molar-refractivity contribution in [2.75, 3.05) is 19.1 Å². The average Bonchev–Trinajstić information content (AvgIpc) is 3.04. The van der Waals surface area contributed by atoms with Crippen LogP contribution in [0.5, 0.6) is 11.5 Å². The third-order valence-electron chi connectivity index (χ3n) is 6.05. The van der Waals surface area contributed by atoms with Gasteiger partial charge in [-0.15, -0.1) is 0 Å². The van der Waals surface area contributed by atoms with E-state index in [2.05, 4.69) is 13.8 Å². The van der Waals surface area contributed by atoms with Gasteiger partial charge in [-0.3, -0.25) is 14.5 Å². The standard InChI is InChI=1S/C27H27NO4/c1-17-14-20(32-5)15-22(27(2,3)16-18-10-12-19(31-4)13-11-18)24(17)28-23-9-7-6-8-21(23)25(29)26(28)30/h6-15H,16H2,1-5H3. The minimum Gasteiger partial charge on any atom is -0.497 e. The summed E-state index contributed by atoms with van der Waals surface area (Å²) in [4.78, 5) is 27.4. The van der Waals surface area contributed by atoms with Crippen molar-refractivity contribution in [3.63, 3.8) is 0 Å². The van der Waals surface area contributed by atoms with Crippen LogP contribution in [0, 0.1) is 6.92 Å². The SMILES string of the molecule is COc1ccc(CC(C)(C)c2cc(OC)cc(C)c2N2C(=O)C(=O)c3ccccc32)cc1. The van der Waals surface area contributed by atoms with Crippen LogP contribution in [-0.2, 0) is 16.6 Å². The highest BCUT2D eigenvalue weighted by molar-refractivity contribution is 6.53. The summed E-state index contributed by atoms with van der Waals surface area (Å²) in [5, 5.41) is 0. The Hall–Kier alpha value is -3.60. The van der Waals surface area contributed by atoms with Gasteiger partial charge in [0.05, 0.1) is 31.2 Å². The molecule has 0 unspecified atom stereocenters. The molecule has 0 aliphatic carbocycles. The van der Waals surface area contributed by atoms with Crippen molar-refractivity contribution in [3.8, 4) is 11.5 Å². The number of aryl methyl sites for hydroxylation is 1. The van der Waals surface area contributed by atoms with Crippen LogP contribution in [0.4, 0.5) is 11.4 Å². The number of para-hydroxylation sites is 1. The summed E-state index contributed by atoms with van der Waals surface area (Å²) in [6.45, 7) is 6.23. The number of amides is 1. The Morgan fingerprint density at radius 1 is 0.875 bits per heavy atom. The van der Waals surface area contributed by atoms with Gasteiger partial charge in [0, 0.05) is 0 Å². The van der Waals surface area contributed by atoms with Crippen molar-refractivity contribution in [1.82, 2.24) is 0 Å². The van der Waals surface area contributed by atoms with E-state index < -0.39 is 11.7 Å². The second-order valence-electron chi connectivity index (χ2n) is 8.74. The summed E-state index contributed by atoms with van der Waals surface area (Å²) in [5.41, 5.74) is 4.41. The van der Waals surface area contributed by atoms with Crippen LogP contribution in [0.3, 0.4) is 0 Å². The van der Waals surface area contributed by atoms with Crippen molar-refractivity contribution < 1.29 is 19.1 Å². The van der Waals surface area contributed by atoms with Gasteiger partial charge in [-0.25, -0.2) is 0 Å². The summed E-state index contributed by atoms with van der Waals surface area (Å²) in [6, 6.07) is 19.0. The van der Waals surface area contributed by atoms with Gasteiger partial charge >= 0.3 is 5.91 Å². The molecule has 3 aromatic rings. The fourth-order valence-corrected chi connectivity index (χ4v) is 4.43. The molecule has 5 nitrogen and oxygen atoms in total. The Balaban J connectivity index is 1.86. The van der Waals surface area contributed by atoms with Gasteiger partial charge < -0.3 is 9.47 Å². The second-order valence-corrected chi connectivity index (χ2v) is 8.74. The molecule has 0 radical (unpaired) electrons. The van der Waals surface area contributed by atoms with Gasteiger partial charge in [-0.2, -0.15) is 0 Å². The number of Topliss-reactive ketones (excluding diaryl/α,β-unsaturated/α-hetero) is 1. The van der Waals surface area contributed by atoms with Crippen molar-refractivity contribution in [2.45, 2.75) is 32.6 Å². The first-order valence-corrected chi connectivity index (χ1v) is 10.6. The lowest BCUT2D eigenvalue weighted by Gasteiger charge is -2.32. The maximum Gasteiger partial charge on any atom is 0.304 e. The average molecular weight is 430 g/mol. The van der Waals surface area contributed by atoms with Crippen LogP contribution in [0.1, 0.15) is 40.9 Å². The Bertz CT molecular complexity index is 1190. The Kier molecular flexibility index (Phi) is 5.51. The molecular weight excluding hydrogens is 402 g/mol. The number of ether oxygens (including phenoxy) is 2. The fourth-order valence-electron chi connectivity index (χ4n) is 4.43. The Labute approximate surface area is 188 Å². The highest BCUT2D eigenvalue weighted by atomic mass is 16.5. The zero-order chi connectivity index (χ0) is 23.0. The predicted octanol–water partition coefficient (Wildman–Crippen LogP) is 5.39. The highest BCUT2D eigenvalue weighted by Gasteiger charge is 2.40. The zero-order valence-electron chi connectivity index (χ0n) is 19.1. The quantitative estimate of drug-likeness (QED) is 0.493. The van der Waals surface area contributed by atoms with Crippen LogP contribution >= 0.6 is 0 Å². The molecule has 5 heteroatoms. The molecule has 0 aromatic heterocycles. The van der Waals surface area contributed by atoms with E-state index in [-0.39, 0.29) is 5.41 Å². The zero-order valence-corrected chi connectivity index (χ0v) is 19.1. The van der Waals surface area contributed by atoms with E-state index >= 15 is 0 Å². The van der Waals surface area contributed by atoms with E-state index in [0.717, 1.165) is 40.3 Å². The highest BCUT2D eigenvalue weighted by Crippen LogP contribution is 2.45. The molecule has 0 spiro atoms. The van der Waals surface area contributed by atoms with Crippen LogP contribution in [0.2, 0.25) is 0 Å². The second kappa shape index (κ2) is 8.15. The normalized spacial score (nSPS) is 13.3. The molecule has 1 aliphatic rings. The maximum absolute atomic E-state index is 13.1. The third kappa shape index (κ3) is 3.64. The largest absolute Gasteiger partial charge is 0.497 e. The number of carbonyl (C=O) groups excluding carboxylic acids is 2. The van der Waals surface area contributed by atoms with Crippen LogP contribution in [0.15, 0.2) is 60.7 Å². The number of methoxy groups -OCH3 is 2. The molecule has 1 aliphatic heterocycles. The van der Waals surface area contributed by atoms with E-state index in [4.69, 9.17) is 9.47 Å². The molecule has 0 fully saturated rings. The van der Waals surface area contributed by atoms with Crippen LogP contribution < -0.4 is 14.4 Å². The maximum atomic E-state index is 13.1. The van der Waals surface area contributed by atoms with Gasteiger partial charge in [-0.1, -0.05) is 38.1 Å². The fraction of sp³-hybridized carbons (Fsp3) is 0.259. The van der Waals surface area contributed by atoms with Crippen molar-refractivity contribution in [2.24, 2.45) is 0 Å². The first-order valence-electron chi connectivity index (χ1n) is 10.6.